The van der Waals surface area contributed by atoms with E-state index < -0.39 is 6.03 Å². The molecular formula is C13H18N4O4. The molecule has 0 unspecified atom stereocenters. The SMILES string of the molecule is CNC(=O)NC(=O)CN1CCN(C(=O)c2ccoc2)CC1. The van der Waals surface area contributed by atoms with Gasteiger partial charge in [-0.1, -0.05) is 0 Å². The summed E-state index contributed by atoms with van der Waals surface area (Å²) in [6, 6.07) is 1.11. The third-order valence-electron chi connectivity index (χ3n) is 3.27. The molecule has 1 aromatic rings. The van der Waals surface area contributed by atoms with Crippen molar-refractivity contribution in [1.29, 1.82) is 0 Å². The van der Waals surface area contributed by atoms with Crippen LogP contribution in [0.15, 0.2) is 23.0 Å². The van der Waals surface area contributed by atoms with Crippen LogP contribution in [0.4, 0.5) is 4.79 Å². The van der Waals surface area contributed by atoms with Gasteiger partial charge in [0.1, 0.15) is 6.26 Å². The maximum absolute atomic E-state index is 12.1. The molecule has 2 heterocycles. The van der Waals surface area contributed by atoms with Crippen LogP contribution in [0, 0.1) is 0 Å². The van der Waals surface area contributed by atoms with E-state index in [1.165, 1.54) is 19.6 Å². The molecule has 0 radical (unpaired) electrons. The van der Waals surface area contributed by atoms with E-state index in [0.29, 0.717) is 31.7 Å². The first-order valence-electron chi connectivity index (χ1n) is 6.65. The molecule has 21 heavy (non-hydrogen) atoms. The number of hydrogen-bond donors (Lipinski definition) is 2. The van der Waals surface area contributed by atoms with Crippen molar-refractivity contribution in [2.75, 3.05) is 39.8 Å². The fraction of sp³-hybridized carbons (Fsp3) is 0.462. The lowest BCUT2D eigenvalue weighted by molar-refractivity contribution is -0.121. The normalized spacial score (nSPS) is 15.6. The molecule has 8 nitrogen and oxygen atoms in total. The number of rotatable bonds is 3. The fourth-order valence-corrected chi connectivity index (χ4v) is 2.11. The Kier molecular flexibility index (Phi) is 4.94. The summed E-state index contributed by atoms with van der Waals surface area (Å²) in [5.41, 5.74) is 0.529. The zero-order valence-corrected chi connectivity index (χ0v) is 11.8. The molecule has 1 fully saturated rings. The zero-order valence-electron chi connectivity index (χ0n) is 11.8. The molecule has 1 saturated heterocycles. The van der Waals surface area contributed by atoms with Crippen molar-refractivity contribution in [2.24, 2.45) is 0 Å². The molecule has 114 valence electrons. The lowest BCUT2D eigenvalue weighted by Gasteiger charge is -2.34. The molecule has 1 aliphatic heterocycles. The maximum Gasteiger partial charge on any atom is 0.321 e. The second kappa shape index (κ2) is 6.89. The molecule has 2 N–H and O–H groups in total. The average molecular weight is 294 g/mol. The van der Waals surface area contributed by atoms with Gasteiger partial charge in [-0.15, -0.1) is 0 Å². The molecule has 0 aliphatic carbocycles. The van der Waals surface area contributed by atoms with Crippen LogP contribution in [-0.4, -0.2) is 67.4 Å². The highest BCUT2D eigenvalue weighted by molar-refractivity contribution is 5.95. The molecular weight excluding hydrogens is 276 g/mol. The highest BCUT2D eigenvalue weighted by Gasteiger charge is 2.24. The molecule has 0 spiro atoms. The standard InChI is InChI=1S/C13H18N4O4/c1-14-13(20)15-11(18)8-16-3-5-17(6-4-16)12(19)10-2-7-21-9-10/h2,7,9H,3-6,8H2,1H3,(H2,14,15,18,20). The Labute approximate surface area is 122 Å². The Morgan fingerprint density at radius 3 is 2.52 bits per heavy atom. The van der Waals surface area contributed by atoms with Crippen molar-refractivity contribution in [3.05, 3.63) is 24.2 Å². The molecule has 0 atom stereocenters. The molecule has 0 aromatic carbocycles. The van der Waals surface area contributed by atoms with Gasteiger partial charge in [0.05, 0.1) is 18.4 Å². The number of amides is 4. The average Bonchev–Trinajstić information content (AvgIpc) is 3.01. The Balaban J connectivity index is 1.77. The van der Waals surface area contributed by atoms with Crippen LogP contribution in [0.5, 0.6) is 0 Å². The number of nitrogens with one attached hydrogen (secondary N) is 2. The first kappa shape index (κ1) is 15.0. The summed E-state index contributed by atoms with van der Waals surface area (Å²) in [6.45, 7) is 2.39. The third-order valence-corrected chi connectivity index (χ3v) is 3.27. The largest absolute Gasteiger partial charge is 0.472 e. The van der Waals surface area contributed by atoms with Gasteiger partial charge in [-0.3, -0.25) is 19.8 Å². The molecule has 8 heteroatoms. The van der Waals surface area contributed by atoms with Crippen LogP contribution in [0.25, 0.3) is 0 Å². The third kappa shape index (κ3) is 4.06. The zero-order chi connectivity index (χ0) is 15.2. The topological polar surface area (TPSA) is 94.9 Å². The number of carbonyl (C=O) groups excluding carboxylic acids is 3. The highest BCUT2D eigenvalue weighted by Crippen LogP contribution is 2.09. The predicted octanol–water partition coefficient (Wildman–Crippen LogP) is -0.507. The molecule has 0 bridgehead atoms. The van der Waals surface area contributed by atoms with Crippen LogP contribution < -0.4 is 10.6 Å². The quantitative estimate of drug-likeness (QED) is 0.783. The number of piperazine rings is 1. The molecule has 1 aliphatic rings. The van der Waals surface area contributed by atoms with E-state index in [-0.39, 0.29) is 18.4 Å². The number of urea groups is 1. The van der Waals surface area contributed by atoms with Crippen molar-refractivity contribution < 1.29 is 18.8 Å². The minimum atomic E-state index is -0.520. The molecule has 4 amide bonds. The van der Waals surface area contributed by atoms with Gasteiger partial charge in [0.25, 0.3) is 5.91 Å². The number of carbonyl (C=O) groups is 3. The molecule has 1 aromatic heterocycles. The van der Waals surface area contributed by atoms with E-state index in [9.17, 15) is 14.4 Å². The Bertz CT molecular complexity index is 506. The summed E-state index contributed by atoms with van der Waals surface area (Å²) < 4.78 is 4.90. The van der Waals surface area contributed by atoms with Gasteiger partial charge >= 0.3 is 6.03 Å². The second-order valence-corrected chi connectivity index (χ2v) is 4.71. The van der Waals surface area contributed by atoms with E-state index in [2.05, 4.69) is 10.6 Å². The first-order valence-corrected chi connectivity index (χ1v) is 6.65. The smallest absolute Gasteiger partial charge is 0.321 e. The molecule has 0 saturated carbocycles. The Morgan fingerprint density at radius 2 is 1.95 bits per heavy atom. The van der Waals surface area contributed by atoms with E-state index >= 15 is 0 Å². The summed E-state index contributed by atoms with van der Waals surface area (Å²) in [7, 11) is 1.45. The Hall–Kier alpha value is -2.35. The summed E-state index contributed by atoms with van der Waals surface area (Å²) in [5.74, 6) is -0.429. The fourth-order valence-electron chi connectivity index (χ4n) is 2.11. The van der Waals surface area contributed by atoms with Crippen LogP contribution >= 0.6 is 0 Å². The van der Waals surface area contributed by atoms with E-state index in [0.717, 1.165) is 0 Å². The van der Waals surface area contributed by atoms with Crippen molar-refractivity contribution in [1.82, 2.24) is 20.4 Å². The predicted molar refractivity (Wildman–Crippen MR) is 73.6 cm³/mol. The van der Waals surface area contributed by atoms with E-state index in [1.54, 1.807) is 11.0 Å². The first-order chi connectivity index (χ1) is 10.1. The van der Waals surface area contributed by atoms with Gasteiger partial charge in [-0.05, 0) is 6.07 Å². The number of imide groups is 1. The summed E-state index contributed by atoms with van der Waals surface area (Å²) in [5, 5.41) is 4.53. The lowest BCUT2D eigenvalue weighted by Crippen LogP contribution is -2.52. The summed E-state index contributed by atoms with van der Waals surface area (Å²) in [6.07, 6.45) is 2.89. The van der Waals surface area contributed by atoms with Gasteiger partial charge in [0.2, 0.25) is 5.91 Å². The van der Waals surface area contributed by atoms with E-state index in [1.807, 2.05) is 4.90 Å². The van der Waals surface area contributed by atoms with Crippen LogP contribution in [0.2, 0.25) is 0 Å². The van der Waals surface area contributed by atoms with E-state index in [4.69, 9.17) is 4.42 Å². The van der Waals surface area contributed by atoms with Crippen LogP contribution in [0.3, 0.4) is 0 Å². The molecule has 2 rings (SSSR count). The lowest BCUT2D eigenvalue weighted by atomic mass is 10.2. The Morgan fingerprint density at radius 1 is 1.24 bits per heavy atom. The van der Waals surface area contributed by atoms with Crippen molar-refractivity contribution in [3.63, 3.8) is 0 Å². The minimum Gasteiger partial charge on any atom is -0.472 e. The van der Waals surface area contributed by atoms with Gasteiger partial charge in [0.15, 0.2) is 0 Å². The van der Waals surface area contributed by atoms with Crippen LogP contribution in [-0.2, 0) is 4.79 Å². The van der Waals surface area contributed by atoms with Gasteiger partial charge in [0, 0.05) is 33.2 Å². The monoisotopic (exact) mass is 294 g/mol. The maximum atomic E-state index is 12.1. The summed E-state index contributed by atoms with van der Waals surface area (Å²) >= 11 is 0. The van der Waals surface area contributed by atoms with Crippen molar-refractivity contribution in [3.8, 4) is 0 Å². The minimum absolute atomic E-state index is 0.0711. The van der Waals surface area contributed by atoms with Crippen molar-refractivity contribution in [2.45, 2.75) is 0 Å². The second-order valence-electron chi connectivity index (χ2n) is 4.71. The number of nitrogens with zero attached hydrogens (tertiary/aromatic N) is 2. The number of hydrogen-bond acceptors (Lipinski definition) is 5. The van der Waals surface area contributed by atoms with Gasteiger partial charge < -0.3 is 14.6 Å². The van der Waals surface area contributed by atoms with Gasteiger partial charge in [-0.2, -0.15) is 0 Å². The van der Waals surface area contributed by atoms with Gasteiger partial charge in [-0.25, -0.2) is 4.79 Å². The van der Waals surface area contributed by atoms with Crippen LogP contribution in [0.1, 0.15) is 10.4 Å². The summed E-state index contributed by atoms with van der Waals surface area (Å²) in [4.78, 5) is 38.3. The van der Waals surface area contributed by atoms with Crippen molar-refractivity contribution >= 4 is 17.8 Å². The number of furan rings is 1. The highest BCUT2D eigenvalue weighted by atomic mass is 16.3.